The number of halogens is 4. The predicted molar refractivity (Wildman–Crippen MR) is 62.5 cm³/mol. The Hall–Kier alpha value is -0.410. The second-order valence-corrected chi connectivity index (χ2v) is 4.38. The molecule has 0 fully saturated rings. The van der Waals surface area contributed by atoms with Gasteiger partial charge in [0.2, 0.25) is 0 Å². The molecule has 6 heteroatoms. The lowest BCUT2D eigenvalue weighted by Gasteiger charge is -2.03. The van der Waals surface area contributed by atoms with Crippen molar-refractivity contribution in [3.8, 4) is 0 Å². The van der Waals surface area contributed by atoms with Gasteiger partial charge in [-0.1, -0.05) is 46.4 Å². The molecule has 0 atom stereocenters. The summed E-state index contributed by atoms with van der Waals surface area (Å²) in [4.78, 5) is 11.2. The topological polar surface area (TPSA) is 30.2 Å². The highest BCUT2D eigenvalue weighted by Gasteiger charge is 2.13. The maximum atomic E-state index is 11.2. The van der Waals surface area contributed by atoms with Crippen LogP contribution in [0.25, 0.3) is 11.0 Å². The SMILES string of the molecule is O=c1oc2c(Cl)cc(Cl)cc2c(Cl)c1Cl. The van der Waals surface area contributed by atoms with Crippen molar-refractivity contribution in [2.75, 3.05) is 0 Å². The highest BCUT2D eigenvalue weighted by molar-refractivity contribution is 6.46. The first kappa shape index (κ1) is 11.1. The molecule has 0 bridgehead atoms. The van der Waals surface area contributed by atoms with Gasteiger partial charge in [0.1, 0.15) is 5.02 Å². The van der Waals surface area contributed by atoms with Crippen LogP contribution in [0.2, 0.25) is 20.1 Å². The van der Waals surface area contributed by atoms with E-state index >= 15 is 0 Å². The molecule has 2 nitrogen and oxygen atoms in total. The standard InChI is InChI=1S/C9H2Cl4O2/c10-3-1-4-6(12)7(13)9(14)15-8(4)5(11)2-3/h1-2H. The van der Waals surface area contributed by atoms with Crippen LogP contribution in [-0.4, -0.2) is 0 Å². The average Bonchev–Trinajstić information content (AvgIpc) is 2.17. The lowest BCUT2D eigenvalue weighted by molar-refractivity contribution is 0.561. The van der Waals surface area contributed by atoms with Crippen molar-refractivity contribution in [2.24, 2.45) is 0 Å². The third kappa shape index (κ3) is 1.83. The Morgan fingerprint density at radius 2 is 1.67 bits per heavy atom. The van der Waals surface area contributed by atoms with E-state index in [2.05, 4.69) is 0 Å². The van der Waals surface area contributed by atoms with Crippen LogP contribution in [0, 0.1) is 0 Å². The third-order valence-corrected chi connectivity index (χ3v) is 3.14. The fraction of sp³-hybridized carbons (Fsp3) is 0. The molecule has 2 aromatic rings. The Balaban J connectivity index is 3.05. The molecule has 1 aromatic heterocycles. The first-order chi connectivity index (χ1) is 7.00. The van der Waals surface area contributed by atoms with E-state index in [-0.39, 0.29) is 20.7 Å². The van der Waals surface area contributed by atoms with E-state index in [1.807, 2.05) is 0 Å². The van der Waals surface area contributed by atoms with E-state index in [0.717, 1.165) is 0 Å². The molecule has 0 amide bonds. The Morgan fingerprint density at radius 3 is 2.33 bits per heavy atom. The van der Waals surface area contributed by atoms with Gasteiger partial charge in [-0.2, -0.15) is 0 Å². The molecule has 1 aromatic carbocycles. The summed E-state index contributed by atoms with van der Waals surface area (Å²) in [6.07, 6.45) is 0. The number of hydrogen-bond donors (Lipinski definition) is 0. The molecule has 0 aliphatic carbocycles. The van der Waals surface area contributed by atoms with Gasteiger partial charge in [0.25, 0.3) is 0 Å². The first-order valence-corrected chi connectivity index (χ1v) is 5.28. The maximum Gasteiger partial charge on any atom is 0.356 e. The summed E-state index contributed by atoms with van der Waals surface area (Å²) in [5.74, 6) is 0. The van der Waals surface area contributed by atoms with Crippen molar-refractivity contribution in [1.82, 2.24) is 0 Å². The lowest BCUT2D eigenvalue weighted by Crippen LogP contribution is -2.00. The van der Waals surface area contributed by atoms with Gasteiger partial charge in [-0.3, -0.25) is 0 Å². The summed E-state index contributed by atoms with van der Waals surface area (Å²) in [6, 6.07) is 2.98. The minimum absolute atomic E-state index is 0.0901. The Morgan fingerprint density at radius 1 is 1.00 bits per heavy atom. The van der Waals surface area contributed by atoms with Crippen molar-refractivity contribution in [3.05, 3.63) is 42.6 Å². The summed E-state index contributed by atoms with van der Waals surface area (Å²) in [6.45, 7) is 0. The molecule has 2 rings (SSSR count). The van der Waals surface area contributed by atoms with E-state index in [0.29, 0.717) is 10.4 Å². The highest BCUT2D eigenvalue weighted by Crippen LogP contribution is 2.34. The van der Waals surface area contributed by atoms with E-state index in [4.69, 9.17) is 50.8 Å². The molecular formula is C9H2Cl4O2. The van der Waals surface area contributed by atoms with Crippen LogP contribution in [0.3, 0.4) is 0 Å². The van der Waals surface area contributed by atoms with Crippen LogP contribution >= 0.6 is 46.4 Å². The lowest BCUT2D eigenvalue weighted by atomic mass is 10.2. The summed E-state index contributed by atoms with van der Waals surface area (Å²) in [5.41, 5.74) is -0.543. The van der Waals surface area contributed by atoms with Crippen molar-refractivity contribution in [3.63, 3.8) is 0 Å². The summed E-state index contributed by atoms with van der Waals surface area (Å²) >= 11 is 23.1. The summed E-state index contributed by atoms with van der Waals surface area (Å²) in [5, 5.41) is 0.932. The fourth-order valence-corrected chi connectivity index (χ4v) is 2.06. The third-order valence-electron chi connectivity index (χ3n) is 1.81. The number of hydrogen-bond acceptors (Lipinski definition) is 2. The Labute approximate surface area is 104 Å². The predicted octanol–water partition coefficient (Wildman–Crippen LogP) is 4.41. The van der Waals surface area contributed by atoms with Gasteiger partial charge in [-0.15, -0.1) is 0 Å². The minimum Gasteiger partial charge on any atom is -0.420 e. The molecule has 78 valence electrons. The quantitative estimate of drug-likeness (QED) is 0.671. The summed E-state index contributed by atoms with van der Waals surface area (Å²) < 4.78 is 4.90. The van der Waals surface area contributed by atoms with Crippen molar-refractivity contribution in [2.45, 2.75) is 0 Å². The van der Waals surface area contributed by atoms with E-state index in [1.165, 1.54) is 12.1 Å². The number of rotatable bonds is 0. The molecule has 0 unspecified atom stereocenters. The molecule has 1 heterocycles. The van der Waals surface area contributed by atoms with Crippen LogP contribution < -0.4 is 5.63 Å². The van der Waals surface area contributed by atoms with Crippen LogP contribution in [0.1, 0.15) is 0 Å². The second kappa shape index (κ2) is 3.87. The van der Waals surface area contributed by atoms with Crippen LogP contribution in [-0.2, 0) is 0 Å². The van der Waals surface area contributed by atoms with Crippen molar-refractivity contribution in [1.29, 1.82) is 0 Å². The Kier molecular flexibility index (Phi) is 2.86. The molecule has 0 spiro atoms. The highest BCUT2D eigenvalue weighted by atomic mass is 35.5. The fourth-order valence-electron chi connectivity index (χ4n) is 1.17. The molecule has 15 heavy (non-hydrogen) atoms. The average molecular weight is 284 g/mol. The molecule has 0 aliphatic heterocycles. The minimum atomic E-state index is -0.724. The van der Waals surface area contributed by atoms with Gasteiger partial charge in [0.05, 0.1) is 10.0 Å². The van der Waals surface area contributed by atoms with Crippen LogP contribution in [0.15, 0.2) is 21.3 Å². The van der Waals surface area contributed by atoms with Gasteiger partial charge < -0.3 is 4.42 Å². The van der Waals surface area contributed by atoms with Gasteiger partial charge in [0.15, 0.2) is 5.58 Å². The van der Waals surface area contributed by atoms with Gasteiger partial charge in [0, 0.05) is 10.4 Å². The summed E-state index contributed by atoms with van der Waals surface area (Å²) in [7, 11) is 0. The smallest absolute Gasteiger partial charge is 0.356 e. The molecule has 0 N–H and O–H groups in total. The van der Waals surface area contributed by atoms with E-state index in [9.17, 15) is 4.79 Å². The van der Waals surface area contributed by atoms with Crippen LogP contribution in [0.4, 0.5) is 0 Å². The van der Waals surface area contributed by atoms with Crippen LogP contribution in [0.5, 0.6) is 0 Å². The zero-order valence-electron chi connectivity index (χ0n) is 6.98. The zero-order chi connectivity index (χ0) is 11.2. The second-order valence-electron chi connectivity index (χ2n) is 2.78. The van der Waals surface area contributed by atoms with Crippen molar-refractivity contribution < 1.29 is 4.42 Å². The van der Waals surface area contributed by atoms with Crippen molar-refractivity contribution >= 4 is 57.4 Å². The number of fused-ring (bicyclic) bond motifs is 1. The van der Waals surface area contributed by atoms with E-state index < -0.39 is 5.63 Å². The molecule has 0 aliphatic rings. The Bertz CT molecular complexity index is 603. The molecule has 0 radical (unpaired) electrons. The van der Waals surface area contributed by atoms with E-state index in [1.54, 1.807) is 0 Å². The molecular weight excluding hydrogens is 282 g/mol. The van der Waals surface area contributed by atoms with Gasteiger partial charge >= 0.3 is 5.63 Å². The first-order valence-electron chi connectivity index (χ1n) is 3.77. The van der Waals surface area contributed by atoms with Gasteiger partial charge in [-0.05, 0) is 12.1 Å². The molecule has 0 saturated carbocycles. The largest absolute Gasteiger partial charge is 0.420 e. The maximum absolute atomic E-state index is 11.2. The molecule has 0 saturated heterocycles. The monoisotopic (exact) mass is 282 g/mol. The normalized spacial score (nSPS) is 10.9. The number of benzene rings is 1. The zero-order valence-corrected chi connectivity index (χ0v) is 10.0. The van der Waals surface area contributed by atoms with Gasteiger partial charge in [-0.25, -0.2) is 4.79 Å².